The number of halogens is 1. The summed E-state index contributed by atoms with van der Waals surface area (Å²) >= 11 is 7.87. The number of amides is 1. The molecule has 2 rings (SSSR count). The topological polar surface area (TPSA) is 32.3 Å². The van der Waals surface area contributed by atoms with Crippen LogP contribution in [-0.4, -0.2) is 34.9 Å². The first-order valence-electron chi connectivity index (χ1n) is 7.28. The fourth-order valence-electron chi connectivity index (χ4n) is 2.81. The van der Waals surface area contributed by atoms with E-state index >= 15 is 0 Å². The molecule has 0 bridgehead atoms. The highest BCUT2D eigenvalue weighted by Crippen LogP contribution is 2.31. The highest BCUT2D eigenvalue weighted by atomic mass is 35.5. The molecule has 5 heteroatoms. The molecule has 1 aromatic rings. The molecule has 116 valence electrons. The molecule has 1 aliphatic heterocycles. The van der Waals surface area contributed by atoms with Gasteiger partial charge in [0.25, 0.3) is 0 Å². The van der Waals surface area contributed by atoms with Crippen LogP contribution in [0.1, 0.15) is 32.5 Å². The fourth-order valence-corrected chi connectivity index (χ4v) is 3.66. The first-order valence-corrected chi connectivity index (χ1v) is 9.05. The minimum atomic E-state index is -0.127. The molecule has 1 heterocycles. The van der Waals surface area contributed by atoms with Crippen LogP contribution in [-0.2, 0) is 4.79 Å². The number of nitrogens with zero attached hydrogens (tertiary/aromatic N) is 1. The second-order valence-electron chi connectivity index (χ2n) is 5.90. The summed E-state index contributed by atoms with van der Waals surface area (Å²) in [5.74, 6) is 1.39. The van der Waals surface area contributed by atoms with E-state index in [2.05, 4.69) is 32.3 Å². The second-order valence-corrected chi connectivity index (χ2v) is 7.24. The Hall–Kier alpha value is -0.710. The van der Waals surface area contributed by atoms with Gasteiger partial charge in [0.1, 0.15) is 6.17 Å². The number of carbonyl (C=O) groups is 1. The predicted octanol–water partition coefficient (Wildman–Crippen LogP) is 3.55. The van der Waals surface area contributed by atoms with Crippen molar-refractivity contribution < 1.29 is 4.79 Å². The van der Waals surface area contributed by atoms with Crippen molar-refractivity contribution in [1.82, 2.24) is 10.2 Å². The summed E-state index contributed by atoms with van der Waals surface area (Å²) in [5.41, 5.74) is 1.05. The van der Waals surface area contributed by atoms with Gasteiger partial charge in [-0.1, -0.05) is 37.6 Å². The molecule has 1 aromatic carbocycles. The van der Waals surface area contributed by atoms with Gasteiger partial charge in [-0.25, -0.2) is 0 Å². The lowest BCUT2D eigenvalue weighted by Gasteiger charge is -2.30. The van der Waals surface area contributed by atoms with Crippen LogP contribution in [0.2, 0.25) is 5.02 Å². The molecule has 1 saturated heterocycles. The number of nitrogens with one attached hydrogen (secondary N) is 1. The number of hydrogen-bond donors (Lipinski definition) is 1. The largest absolute Gasteiger partial charge is 0.318 e. The van der Waals surface area contributed by atoms with Gasteiger partial charge in [-0.2, -0.15) is 11.8 Å². The van der Waals surface area contributed by atoms with Gasteiger partial charge in [-0.3, -0.25) is 10.1 Å². The summed E-state index contributed by atoms with van der Waals surface area (Å²) in [6, 6.07) is 7.82. The van der Waals surface area contributed by atoms with Crippen molar-refractivity contribution in [2.24, 2.45) is 5.92 Å². The van der Waals surface area contributed by atoms with Gasteiger partial charge in [0.2, 0.25) is 5.91 Å². The molecule has 1 N–H and O–H groups in total. The zero-order valence-electron chi connectivity index (χ0n) is 13.0. The van der Waals surface area contributed by atoms with Crippen molar-refractivity contribution in [3.05, 3.63) is 34.9 Å². The molecule has 3 nitrogen and oxygen atoms in total. The third-order valence-corrected chi connectivity index (χ3v) is 4.90. The van der Waals surface area contributed by atoms with Crippen molar-refractivity contribution in [2.75, 3.05) is 12.0 Å². The maximum atomic E-state index is 12.8. The van der Waals surface area contributed by atoms with Crippen molar-refractivity contribution in [2.45, 2.75) is 39.0 Å². The molecule has 0 aromatic heterocycles. The average Bonchev–Trinajstić information content (AvgIpc) is 2.77. The molecule has 21 heavy (non-hydrogen) atoms. The Kier molecular flexibility index (Phi) is 5.58. The van der Waals surface area contributed by atoms with Crippen molar-refractivity contribution in [1.29, 1.82) is 0 Å². The maximum Gasteiger partial charge on any atom is 0.241 e. The second kappa shape index (κ2) is 7.03. The van der Waals surface area contributed by atoms with Crippen molar-refractivity contribution >= 4 is 29.3 Å². The van der Waals surface area contributed by atoms with Crippen molar-refractivity contribution in [3.63, 3.8) is 0 Å². The zero-order chi connectivity index (χ0) is 15.6. The zero-order valence-corrected chi connectivity index (χ0v) is 14.5. The van der Waals surface area contributed by atoms with E-state index in [1.54, 1.807) is 11.8 Å². The van der Waals surface area contributed by atoms with E-state index < -0.39 is 0 Å². The van der Waals surface area contributed by atoms with Crippen LogP contribution in [0.25, 0.3) is 0 Å². The molecule has 0 spiro atoms. The third kappa shape index (κ3) is 3.55. The van der Waals surface area contributed by atoms with E-state index in [1.165, 1.54) is 0 Å². The summed E-state index contributed by atoms with van der Waals surface area (Å²) in [6.07, 6.45) is 1.98. The Morgan fingerprint density at radius 3 is 2.67 bits per heavy atom. The van der Waals surface area contributed by atoms with E-state index in [-0.39, 0.29) is 30.1 Å². The first-order chi connectivity index (χ1) is 9.95. The van der Waals surface area contributed by atoms with E-state index in [0.717, 1.165) is 11.3 Å². The predicted molar refractivity (Wildman–Crippen MR) is 90.6 cm³/mol. The Morgan fingerprint density at radius 1 is 1.38 bits per heavy atom. The maximum absolute atomic E-state index is 12.8. The van der Waals surface area contributed by atoms with Gasteiger partial charge in [0.15, 0.2) is 0 Å². The van der Waals surface area contributed by atoms with Crippen LogP contribution < -0.4 is 5.32 Å². The molecule has 1 fully saturated rings. The molecule has 1 amide bonds. The summed E-state index contributed by atoms with van der Waals surface area (Å²) in [5, 5.41) is 4.18. The van der Waals surface area contributed by atoms with Crippen LogP contribution in [0.5, 0.6) is 0 Å². The lowest BCUT2D eigenvalue weighted by molar-refractivity contribution is -0.132. The standard InChI is InChI=1S/C16H23ClN2OS/c1-10(2)14-16(20)19(11(3)9-21-4)15(18-14)12-6-5-7-13(17)8-12/h5-8,10-11,14-15,18H,9H2,1-4H3. The number of benzene rings is 1. The Bertz CT molecular complexity index is 509. The third-order valence-electron chi connectivity index (χ3n) is 3.85. The Morgan fingerprint density at radius 2 is 2.10 bits per heavy atom. The average molecular weight is 327 g/mol. The van der Waals surface area contributed by atoms with Gasteiger partial charge < -0.3 is 4.90 Å². The van der Waals surface area contributed by atoms with Gasteiger partial charge in [-0.15, -0.1) is 0 Å². The Balaban J connectivity index is 2.34. The van der Waals surface area contributed by atoms with Gasteiger partial charge in [0, 0.05) is 16.8 Å². The highest BCUT2D eigenvalue weighted by Gasteiger charge is 2.42. The number of thioether (sulfide) groups is 1. The molecule has 3 atom stereocenters. The number of hydrogen-bond acceptors (Lipinski definition) is 3. The fraction of sp³-hybridized carbons (Fsp3) is 0.562. The van der Waals surface area contributed by atoms with Crippen molar-refractivity contribution in [3.8, 4) is 0 Å². The first kappa shape index (κ1) is 16.7. The minimum Gasteiger partial charge on any atom is -0.318 e. The minimum absolute atomic E-state index is 0.0919. The molecule has 0 saturated carbocycles. The number of rotatable bonds is 5. The molecular weight excluding hydrogens is 304 g/mol. The quantitative estimate of drug-likeness (QED) is 0.898. The molecule has 0 radical (unpaired) electrons. The lowest BCUT2D eigenvalue weighted by Crippen LogP contribution is -2.40. The van der Waals surface area contributed by atoms with E-state index in [9.17, 15) is 4.79 Å². The number of carbonyl (C=O) groups excluding carboxylic acids is 1. The van der Waals surface area contributed by atoms with Crippen LogP contribution in [0.4, 0.5) is 0 Å². The Labute approximate surface area is 136 Å². The van der Waals surface area contributed by atoms with E-state index in [4.69, 9.17) is 11.6 Å². The summed E-state index contributed by atoms with van der Waals surface area (Å²) in [7, 11) is 0. The van der Waals surface area contributed by atoms with Crippen LogP contribution in [0.3, 0.4) is 0 Å². The molecule has 1 aliphatic rings. The molecule has 3 unspecified atom stereocenters. The van der Waals surface area contributed by atoms with E-state index in [0.29, 0.717) is 5.02 Å². The summed E-state index contributed by atoms with van der Waals surface area (Å²) < 4.78 is 0. The lowest BCUT2D eigenvalue weighted by atomic mass is 10.0. The molecule has 0 aliphatic carbocycles. The SMILES string of the molecule is CSCC(C)N1C(=O)C(C(C)C)NC1c1cccc(Cl)c1. The van der Waals surface area contributed by atoms with Crippen LogP contribution >= 0.6 is 23.4 Å². The summed E-state index contributed by atoms with van der Waals surface area (Å²) in [6.45, 7) is 6.26. The highest BCUT2D eigenvalue weighted by molar-refractivity contribution is 7.98. The molecular formula is C16H23ClN2OS. The van der Waals surface area contributed by atoms with E-state index in [1.807, 2.05) is 29.2 Å². The van der Waals surface area contributed by atoms with Crippen LogP contribution in [0, 0.1) is 5.92 Å². The normalized spacial score (nSPS) is 23.9. The van der Waals surface area contributed by atoms with Gasteiger partial charge >= 0.3 is 0 Å². The van der Waals surface area contributed by atoms with Crippen LogP contribution in [0.15, 0.2) is 24.3 Å². The van der Waals surface area contributed by atoms with Gasteiger partial charge in [-0.05, 0) is 36.8 Å². The monoisotopic (exact) mass is 326 g/mol. The summed E-state index contributed by atoms with van der Waals surface area (Å²) in [4.78, 5) is 14.7. The smallest absolute Gasteiger partial charge is 0.241 e. The van der Waals surface area contributed by atoms with Gasteiger partial charge in [0.05, 0.1) is 6.04 Å².